The Morgan fingerprint density at radius 3 is 2.30 bits per heavy atom. The quantitative estimate of drug-likeness (QED) is 0.779. The molecule has 0 unspecified atom stereocenters. The van der Waals surface area contributed by atoms with E-state index in [1.165, 1.54) is 0 Å². The standard InChI is InChI=1S/C20H22N2O5/c23-19(14-18(20(24)25)22-10-12-26-13-11-22)21-15-6-8-17(9-7-15)27-16-4-2-1-3-5-16/h1-9,18H,10-14H2,(H,21,23)(H,24,25)/t18-/m1/s1. The van der Waals surface area contributed by atoms with Crippen LogP contribution in [0.1, 0.15) is 6.42 Å². The van der Waals surface area contributed by atoms with Crippen LogP contribution in [-0.2, 0) is 14.3 Å². The third kappa shape index (κ3) is 5.54. The van der Waals surface area contributed by atoms with Crippen LogP contribution in [0.5, 0.6) is 11.5 Å². The van der Waals surface area contributed by atoms with Crippen molar-refractivity contribution in [2.75, 3.05) is 31.6 Å². The van der Waals surface area contributed by atoms with Crippen LogP contribution in [0.25, 0.3) is 0 Å². The molecule has 2 N–H and O–H groups in total. The largest absolute Gasteiger partial charge is 0.480 e. The van der Waals surface area contributed by atoms with E-state index < -0.39 is 12.0 Å². The maximum Gasteiger partial charge on any atom is 0.321 e. The average molecular weight is 370 g/mol. The molecule has 0 radical (unpaired) electrons. The molecular weight excluding hydrogens is 348 g/mol. The molecule has 1 atom stereocenters. The SMILES string of the molecule is O=C(C[C@H](C(=O)O)N1CCOCC1)Nc1ccc(Oc2ccccc2)cc1. The number of carboxylic acid groups (broad SMARTS) is 1. The molecule has 0 bridgehead atoms. The minimum atomic E-state index is -1.00. The van der Waals surface area contributed by atoms with Crippen molar-refractivity contribution in [2.45, 2.75) is 12.5 Å². The molecule has 1 aliphatic rings. The van der Waals surface area contributed by atoms with Gasteiger partial charge in [0.05, 0.1) is 19.6 Å². The normalized spacial score (nSPS) is 15.7. The van der Waals surface area contributed by atoms with Gasteiger partial charge >= 0.3 is 5.97 Å². The smallest absolute Gasteiger partial charge is 0.321 e. The molecule has 2 aromatic carbocycles. The van der Waals surface area contributed by atoms with E-state index in [1.54, 1.807) is 29.2 Å². The number of carboxylic acids is 1. The molecule has 1 fully saturated rings. The van der Waals surface area contributed by atoms with Crippen molar-refractivity contribution in [1.82, 2.24) is 4.90 Å². The lowest BCUT2D eigenvalue weighted by atomic mass is 10.1. The number of benzene rings is 2. The van der Waals surface area contributed by atoms with E-state index in [-0.39, 0.29) is 12.3 Å². The number of anilines is 1. The Bertz CT molecular complexity index is 758. The fourth-order valence-corrected chi connectivity index (χ4v) is 2.88. The van der Waals surface area contributed by atoms with E-state index >= 15 is 0 Å². The first-order valence-electron chi connectivity index (χ1n) is 8.79. The predicted octanol–water partition coefficient (Wildman–Crippen LogP) is 2.59. The first-order chi connectivity index (χ1) is 13.1. The molecule has 7 heteroatoms. The highest BCUT2D eigenvalue weighted by molar-refractivity contribution is 5.94. The van der Waals surface area contributed by atoms with Gasteiger partial charge in [-0.3, -0.25) is 14.5 Å². The fraction of sp³-hybridized carbons (Fsp3) is 0.300. The topological polar surface area (TPSA) is 88.1 Å². The number of hydrogen-bond donors (Lipinski definition) is 2. The Morgan fingerprint density at radius 2 is 1.67 bits per heavy atom. The third-order valence-electron chi connectivity index (χ3n) is 4.27. The summed E-state index contributed by atoms with van der Waals surface area (Å²) in [7, 11) is 0. The molecule has 3 rings (SSSR count). The number of carbonyl (C=O) groups is 2. The summed E-state index contributed by atoms with van der Waals surface area (Å²) in [6, 6.07) is 15.5. The van der Waals surface area contributed by atoms with Crippen LogP contribution in [0.3, 0.4) is 0 Å². The second kappa shape index (κ2) is 9.16. The van der Waals surface area contributed by atoms with E-state index in [0.717, 1.165) is 5.75 Å². The Morgan fingerprint density at radius 1 is 1.04 bits per heavy atom. The molecule has 7 nitrogen and oxygen atoms in total. The summed E-state index contributed by atoms with van der Waals surface area (Å²) in [5.41, 5.74) is 0.589. The van der Waals surface area contributed by atoms with Gasteiger partial charge in [-0.1, -0.05) is 18.2 Å². The summed E-state index contributed by atoms with van der Waals surface area (Å²) in [6.07, 6.45) is -0.113. The summed E-state index contributed by atoms with van der Waals surface area (Å²) in [5.74, 6) is 0.0318. The number of amides is 1. The predicted molar refractivity (Wildman–Crippen MR) is 100 cm³/mol. The summed E-state index contributed by atoms with van der Waals surface area (Å²) in [6.45, 7) is 1.98. The summed E-state index contributed by atoms with van der Waals surface area (Å²) in [4.78, 5) is 25.6. The lowest BCUT2D eigenvalue weighted by Crippen LogP contribution is -2.48. The number of carbonyl (C=O) groups excluding carboxylic acids is 1. The number of morpholine rings is 1. The zero-order valence-electron chi connectivity index (χ0n) is 14.8. The minimum Gasteiger partial charge on any atom is -0.480 e. The minimum absolute atomic E-state index is 0.113. The van der Waals surface area contributed by atoms with Crippen LogP contribution in [-0.4, -0.2) is 54.2 Å². The maximum absolute atomic E-state index is 12.3. The number of nitrogens with zero attached hydrogens (tertiary/aromatic N) is 1. The second-order valence-electron chi connectivity index (χ2n) is 6.19. The average Bonchev–Trinajstić information content (AvgIpc) is 2.69. The van der Waals surface area contributed by atoms with Crippen LogP contribution >= 0.6 is 0 Å². The van der Waals surface area contributed by atoms with Gasteiger partial charge in [-0.25, -0.2) is 0 Å². The van der Waals surface area contributed by atoms with Crippen molar-refractivity contribution in [3.63, 3.8) is 0 Å². The molecule has 1 aliphatic heterocycles. The summed E-state index contributed by atoms with van der Waals surface area (Å²) < 4.78 is 10.9. The van der Waals surface area contributed by atoms with Crippen LogP contribution < -0.4 is 10.1 Å². The highest BCUT2D eigenvalue weighted by atomic mass is 16.5. The van der Waals surface area contributed by atoms with Crippen LogP contribution in [0.15, 0.2) is 54.6 Å². The number of hydrogen-bond acceptors (Lipinski definition) is 5. The molecule has 0 aromatic heterocycles. The van der Waals surface area contributed by atoms with E-state index in [2.05, 4.69) is 5.32 Å². The number of nitrogens with one attached hydrogen (secondary N) is 1. The van der Waals surface area contributed by atoms with Crippen molar-refractivity contribution in [1.29, 1.82) is 0 Å². The molecule has 142 valence electrons. The Hall–Kier alpha value is -2.90. The molecule has 1 saturated heterocycles. The number of para-hydroxylation sites is 1. The van der Waals surface area contributed by atoms with Crippen molar-refractivity contribution < 1.29 is 24.2 Å². The van der Waals surface area contributed by atoms with Gasteiger partial charge in [-0.2, -0.15) is 0 Å². The fourth-order valence-electron chi connectivity index (χ4n) is 2.88. The van der Waals surface area contributed by atoms with Crippen molar-refractivity contribution in [2.24, 2.45) is 0 Å². The Balaban J connectivity index is 1.55. The van der Waals surface area contributed by atoms with Gasteiger partial charge in [0.25, 0.3) is 0 Å². The van der Waals surface area contributed by atoms with Crippen LogP contribution in [0.2, 0.25) is 0 Å². The monoisotopic (exact) mass is 370 g/mol. The first-order valence-corrected chi connectivity index (χ1v) is 8.79. The lowest BCUT2D eigenvalue weighted by molar-refractivity contribution is -0.147. The zero-order chi connectivity index (χ0) is 19.1. The Labute approximate surface area is 157 Å². The van der Waals surface area contributed by atoms with Gasteiger partial charge in [0, 0.05) is 18.8 Å². The van der Waals surface area contributed by atoms with E-state index in [4.69, 9.17) is 9.47 Å². The Kier molecular flexibility index (Phi) is 6.40. The van der Waals surface area contributed by atoms with Crippen molar-refractivity contribution in [3.05, 3.63) is 54.6 Å². The molecule has 1 amide bonds. The number of ether oxygens (including phenoxy) is 2. The number of rotatable bonds is 7. The van der Waals surface area contributed by atoms with E-state index in [9.17, 15) is 14.7 Å². The van der Waals surface area contributed by atoms with Crippen molar-refractivity contribution >= 4 is 17.6 Å². The van der Waals surface area contributed by atoms with Crippen LogP contribution in [0, 0.1) is 0 Å². The summed E-state index contributed by atoms with van der Waals surface area (Å²) >= 11 is 0. The first kappa shape index (κ1) is 18.9. The second-order valence-corrected chi connectivity index (χ2v) is 6.19. The summed E-state index contributed by atoms with van der Waals surface area (Å²) in [5, 5.41) is 12.2. The third-order valence-corrected chi connectivity index (χ3v) is 4.27. The van der Waals surface area contributed by atoms with Gasteiger partial charge in [-0.05, 0) is 36.4 Å². The number of aliphatic carboxylic acids is 1. The lowest BCUT2D eigenvalue weighted by Gasteiger charge is -2.31. The molecular formula is C20H22N2O5. The molecule has 27 heavy (non-hydrogen) atoms. The highest BCUT2D eigenvalue weighted by Crippen LogP contribution is 2.22. The van der Waals surface area contributed by atoms with E-state index in [1.807, 2.05) is 30.3 Å². The zero-order valence-corrected chi connectivity index (χ0v) is 14.8. The molecule has 0 aliphatic carbocycles. The van der Waals surface area contributed by atoms with E-state index in [0.29, 0.717) is 37.7 Å². The van der Waals surface area contributed by atoms with Gasteiger partial charge in [0.2, 0.25) is 5.91 Å². The van der Waals surface area contributed by atoms with Gasteiger partial charge in [-0.15, -0.1) is 0 Å². The van der Waals surface area contributed by atoms with Gasteiger partial charge in [0.15, 0.2) is 0 Å². The molecule has 0 spiro atoms. The van der Waals surface area contributed by atoms with Gasteiger partial charge < -0.3 is 19.9 Å². The molecule has 1 heterocycles. The molecule has 0 saturated carbocycles. The maximum atomic E-state index is 12.3. The van der Waals surface area contributed by atoms with Gasteiger partial charge in [0.1, 0.15) is 17.5 Å². The highest BCUT2D eigenvalue weighted by Gasteiger charge is 2.29. The van der Waals surface area contributed by atoms with Crippen LogP contribution in [0.4, 0.5) is 5.69 Å². The van der Waals surface area contributed by atoms with Crippen molar-refractivity contribution in [3.8, 4) is 11.5 Å². The molecule has 2 aromatic rings.